The van der Waals surface area contributed by atoms with E-state index in [-0.39, 0.29) is 16.8 Å². The molecule has 1 aliphatic heterocycles. The van der Waals surface area contributed by atoms with Crippen LogP contribution in [0.25, 0.3) is 0 Å². The van der Waals surface area contributed by atoms with Crippen LogP contribution >= 0.6 is 0 Å². The third-order valence-electron chi connectivity index (χ3n) is 3.68. The van der Waals surface area contributed by atoms with Gasteiger partial charge in [-0.25, -0.2) is 12.8 Å². The first-order valence-corrected chi connectivity index (χ1v) is 8.20. The van der Waals surface area contributed by atoms with E-state index in [1.807, 2.05) is 0 Å². The number of rotatable bonds is 3. The van der Waals surface area contributed by atoms with E-state index >= 15 is 0 Å². The summed E-state index contributed by atoms with van der Waals surface area (Å²) in [6.07, 6.45) is 4.34. The topological polar surface area (TPSA) is 50.3 Å². The Balaban J connectivity index is 1.98. The van der Waals surface area contributed by atoms with Crippen LogP contribution in [0.2, 0.25) is 0 Å². The molecule has 0 bridgehead atoms. The van der Waals surface area contributed by atoms with Crippen molar-refractivity contribution in [2.45, 2.75) is 23.8 Å². The van der Waals surface area contributed by atoms with E-state index in [0.29, 0.717) is 18.5 Å². The number of sulfonamides is 1. The molecule has 4 nitrogen and oxygen atoms in total. The second kappa shape index (κ2) is 5.54. The van der Waals surface area contributed by atoms with Gasteiger partial charge in [-0.2, -0.15) is 4.31 Å². The van der Waals surface area contributed by atoms with Gasteiger partial charge in [0, 0.05) is 18.9 Å². The average molecular weight is 306 g/mol. The molecular formula is C15H15FN2O2S. The van der Waals surface area contributed by atoms with E-state index in [0.717, 1.165) is 6.42 Å². The maximum Gasteiger partial charge on any atom is 0.245 e. The Kier molecular flexibility index (Phi) is 3.73. The van der Waals surface area contributed by atoms with Gasteiger partial charge in [0.2, 0.25) is 10.0 Å². The Labute approximate surface area is 123 Å². The minimum absolute atomic E-state index is 0.174. The Morgan fingerprint density at radius 1 is 1.24 bits per heavy atom. The zero-order chi connectivity index (χ0) is 14.9. The number of halogens is 1. The van der Waals surface area contributed by atoms with Crippen LogP contribution in [-0.4, -0.2) is 24.3 Å². The predicted octanol–water partition coefficient (Wildman–Crippen LogP) is 2.75. The van der Waals surface area contributed by atoms with Crippen molar-refractivity contribution < 1.29 is 12.8 Å². The molecule has 21 heavy (non-hydrogen) atoms. The molecule has 0 N–H and O–H groups in total. The standard InChI is InChI=1S/C15H15FN2O2S/c16-13-5-1-4-12(10-13)15-7-3-9-18(15)21(19,20)14-6-2-8-17-11-14/h1-2,4-6,8,10-11,15H,3,7,9H2. The number of nitrogens with zero attached hydrogens (tertiary/aromatic N) is 2. The van der Waals surface area contributed by atoms with Crippen LogP contribution in [0.4, 0.5) is 4.39 Å². The van der Waals surface area contributed by atoms with Crippen LogP contribution in [0.3, 0.4) is 0 Å². The Hall–Kier alpha value is -1.79. The summed E-state index contributed by atoms with van der Waals surface area (Å²) in [4.78, 5) is 4.04. The molecule has 1 atom stereocenters. The fourth-order valence-electron chi connectivity index (χ4n) is 2.71. The van der Waals surface area contributed by atoms with Gasteiger partial charge in [0.05, 0.1) is 6.04 Å². The predicted molar refractivity (Wildman–Crippen MR) is 76.5 cm³/mol. The first-order chi connectivity index (χ1) is 10.1. The summed E-state index contributed by atoms with van der Waals surface area (Å²) in [5, 5.41) is 0. The lowest BCUT2D eigenvalue weighted by atomic mass is 10.1. The quantitative estimate of drug-likeness (QED) is 0.876. The molecule has 1 aromatic heterocycles. The molecule has 1 saturated heterocycles. The van der Waals surface area contributed by atoms with Gasteiger partial charge in [-0.15, -0.1) is 0 Å². The van der Waals surface area contributed by atoms with Gasteiger partial charge in [-0.3, -0.25) is 4.98 Å². The minimum Gasteiger partial charge on any atom is -0.263 e. The highest BCUT2D eigenvalue weighted by Crippen LogP contribution is 2.36. The molecule has 0 radical (unpaired) electrons. The van der Waals surface area contributed by atoms with Gasteiger partial charge in [0.15, 0.2) is 0 Å². The van der Waals surface area contributed by atoms with Crippen LogP contribution in [-0.2, 0) is 10.0 Å². The zero-order valence-electron chi connectivity index (χ0n) is 11.3. The number of pyridine rings is 1. The molecule has 0 spiro atoms. The molecule has 110 valence electrons. The van der Waals surface area contributed by atoms with Crippen molar-refractivity contribution in [2.75, 3.05) is 6.54 Å². The Morgan fingerprint density at radius 3 is 2.81 bits per heavy atom. The lowest BCUT2D eigenvalue weighted by molar-refractivity contribution is 0.395. The molecule has 6 heteroatoms. The van der Waals surface area contributed by atoms with E-state index in [2.05, 4.69) is 4.98 Å². The Morgan fingerprint density at radius 2 is 2.10 bits per heavy atom. The average Bonchev–Trinajstić information content (AvgIpc) is 2.98. The minimum atomic E-state index is -3.60. The van der Waals surface area contributed by atoms with Gasteiger partial charge >= 0.3 is 0 Å². The summed E-state index contributed by atoms with van der Waals surface area (Å²) in [6, 6.07) is 8.96. The van der Waals surface area contributed by atoms with E-state index in [9.17, 15) is 12.8 Å². The SMILES string of the molecule is O=S(=O)(c1cccnc1)N1CCCC1c1cccc(F)c1. The molecule has 1 aromatic carbocycles. The number of aromatic nitrogens is 1. The molecule has 3 rings (SSSR count). The maximum atomic E-state index is 13.4. The van der Waals surface area contributed by atoms with E-state index in [1.54, 1.807) is 18.2 Å². The van der Waals surface area contributed by atoms with Crippen LogP contribution in [0.5, 0.6) is 0 Å². The van der Waals surface area contributed by atoms with Crippen molar-refractivity contribution in [3.05, 3.63) is 60.2 Å². The summed E-state index contributed by atoms with van der Waals surface area (Å²) in [7, 11) is -3.60. The second-order valence-electron chi connectivity index (χ2n) is 5.02. The molecule has 0 amide bonds. The summed E-state index contributed by atoms with van der Waals surface area (Å²) in [6.45, 7) is 0.443. The van der Waals surface area contributed by atoms with E-state index in [4.69, 9.17) is 0 Å². The van der Waals surface area contributed by atoms with Crippen LogP contribution in [0.15, 0.2) is 53.7 Å². The highest BCUT2D eigenvalue weighted by atomic mass is 32.2. The first-order valence-electron chi connectivity index (χ1n) is 6.76. The smallest absolute Gasteiger partial charge is 0.245 e. The fraction of sp³-hybridized carbons (Fsp3) is 0.267. The third kappa shape index (κ3) is 2.69. The summed E-state index contributed by atoms with van der Waals surface area (Å²) in [5.41, 5.74) is 0.694. The van der Waals surface area contributed by atoms with Gasteiger partial charge in [-0.1, -0.05) is 12.1 Å². The van der Waals surface area contributed by atoms with Crippen molar-refractivity contribution in [1.29, 1.82) is 0 Å². The van der Waals surface area contributed by atoms with Crippen molar-refractivity contribution in [1.82, 2.24) is 9.29 Å². The molecule has 0 saturated carbocycles. The van der Waals surface area contributed by atoms with E-state index in [1.165, 1.54) is 34.9 Å². The van der Waals surface area contributed by atoms with Crippen LogP contribution in [0, 0.1) is 5.82 Å². The first kappa shape index (κ1) is 14.2. The Bertz CT molecular complexity index is 734. The maximum absolute atomic E-state index is 13.4. The number of hydrogen-bond acceptors (Lipinski definition) is 3. The second-order valence-corrected chi connectivity index (χ2v) is 6.91. The van der Waals surface area contributed by atoms with Gasteiger partial charge in [-0.05, 0) is 42.7 Å². The lowest BCUT2D eigenvalue weighted by Gasteiger charge is -2.24. The number of benzene rings is 1. The highest BCUT2D eigenvalue weighted by Gasteiger charge is 2.36. The monoisotopic (exact) mass is 306 g/mol. The summed E-state index contributed by atoms with van der Waals surface area (Å²) < 4.78 is 40.2. The summed E-state index contributed by atoms with van der Waals surface area (Å²) in [5.74, 6) is -0.349. The molecular weight excluding hydrogens is 291 g/mol. The largest absolute Gasteiger partial charge is 0.263 e. The molecule has 1 unspecified atom stereocenters. The van der Waals surface area contributed by atoms with Crippen molar-refractivity contribution in [3.63, 3.8) is 0 Å². The number of hydrogen-bond donors (Lipinski definition) is 0. The highest BCUT2D eigenvalue weighted by molar-refractivity contribution is 7.89. The molecule has 2 heterocycles. The molecule has 0 aliphatic carbocycles. The zero-order valence-corrected chi connectivity index (χ0v) is 12.1. The van der Waals surface area contributed by atoms with Crippen molar-refractivity contribution in [3.8, 4) is 0 Å². The fourth-order valence-corrected chi connectivity index (χ4v) is 4.36. The normalized spacial score (nSPS) is 19.8. The van der Waals surface area contributed by atoms with Gasteiger partial charge < -0.3 is 0 Å². The van der Waals surface area contributed by atoms with Crippen molar-refractivity contribution in [2.24, 2.45) is 0 Å². The third-order valence-corrected chi connectivity index (χ3v) is 5.57. The molecule has 2 aromatic rings. The summed E-state index contributed by atoms with van der Waals surface area (Å²) >= 11 is 0. The van der Waals surface area contributed by atoms with Gasteiger partial charge in [0.1, 0.15) is 10.7 Å². The molecule has 1 aliphatic rings. The van der Waals surface area contributed by atoms with Crippen LogP contribution in [0.1, 0.15) is 24.4 Å². The lowest BCUT2D eigenvalue weighted by Crippen LogP contribution is -2.30. The van der Waals surface area contributed by atoms with Gasteiger partial charge in [0.25, 0.3) is 0 Å². The molecule has 1 fully saturated rings. The van der Waals surface area contributed by atoms with Crippen LogP contribution < -0.4 is 0 Å². The van der Waals surface area contributed by atoms with E-state index < -0.39 is 10.0 Å². The van der Waals surface area contributed by atoms with Crippen molar-refractivity contribution >= 4 is 10.0 Å².